The molecule has 0 unspecified atom stereocenters. The maximum absolute atomic E-state index is 11.9. The molecule has 0 bridgehead atoms. The van der Waals surface area contributed by atoms with Crippen LogP contribution in [0, 0.1) is 0 Å². The van der Waals surface area contributed by atoms with E-state index in [1.165, 1.54) is 6.21 Å². The minimum atomic E-state index is -0.945. The molecule has 0 radical (unpaired) electrons. The fourth-order valence-electron chi connectivity index (χ4n) is 2.15. The Labute approximate surface area is 158 Å². The number of benzene rings is 2. The quantitative estimate of drug-likeness (QED) is 0.476. The molecular formula is C17H13Cl2N3O4. The molecule has 1 aliphatic heterocycles. The van der Waals surface area contributed by atoms with Crippen molar-refractivity contribution in [2.24, 2.45) is 5.10 Å². The van der Waals surface area contributed by atoms with Crippen LogP contribution in [0.5, 0.6) is 11.5 Å². The Morgan fingerprint density at radius 2 is 1.69 bits per heavy atom. The van der Waals surface area contributed by atoms with E-state index in [0.717, 1.165) is 0 Å². The number of carbonyl (C=O) groups is 2. The summed E-state index contributed by atoms with van der Waals surface area (Å²) >= 11 is 12.0. The Hall–Kier alpha value is -2.77. The van der Waals surface area contributed by atoms with Gasteiger partial charge in [0.25, 0.3) is 0 Å². The first-order valence-corrected chi connectivity index (χ1v) is 8.28. The zero-order valence-corrected chi connectivity index (χ0v) is 14.8. The molecule has 0 saturated heterocycles. The molecule has 1 aliphatic rings. The van der Waals surface area contributed by atoms with Gasteiger partial charge in [-0.25, -0.2) is 5.43 Å². The number of amides is 2. The van der Waals surface area contributed by atoms with Crippen LogP contribution in [0.2, 0.25) is 10.0 Å². The van der Waals surface area contributed by atoms with Gasteiger partial charge >= 0.3 is 11.8 Å². The van der Waals surface area contributed by atoms with E-state index in [9.17, 15) is 9.59 Å². The molecular weight excluding hydrogens is 381 g/mol. The summed E-state index contributed by atoms with van der Waals surface area (Å²) in [6, 6.07) is 9.77. The van der Waals surface area contributed by atoms with Crippen LogP contribution in [0.25, 0.3) is 0 Å². The molecule has 2 amide bonds. The van der Waals surface area contributed by atoms with Gasteiger partial charge in [0.1, 0.15) is 13.2 Å². The van der Waals surface area contributed by atoms with Crippen LogP contribution in [0.15, 0.2) is 41.5 Å². The summed E-state index contributed by atoms with van der Waals surface area (Å²) in [4.78, 5) is 23.8. The molecule has 2 N–H and O–H groups in total. The number of hydrazone groups is 1. The molecule has 0 aliphatic carbocycles. The van der Waals surface area contributed by atoms with Crippen molar-refractivity contribution in [1.82, 2.24) is 5.43 Å². The zero-order chi connectivity index (χ0) is 18.5. The van der Waals surface area contributed by atoms with Crippen LogP contribution in [-0.2, 0) is 9.59 Å². The highest BCUT2D eigenvalue weighted by molar-refractivity contribution is 6.40. The van der Waals surface area contributed by atoms with Gasteiger partial charge in [0.15, 0.2) is 11.5 Å². The van der Waals surface area contributed by atoms with E-state index in [1.807, 2.05) is 0 Å². The maximum Gasteiger partial charge on any atom is 0.329 e. The fraction of sp³-hybridized carbons (Fsp3) is 0.118. The standard InChI is InChI=1S/C17H13Cl2N3O4/c18-12-2-1-3-13(19)11(12)9-20-22-17(24)16(23)21-10-4-5-14-15(8-10)26-7-6-25-14/h1-5,8-9H,6-7H2,(H,21,23)(H,22,24)/b20-9-. The number of fused-ring (bicyclic) bond motifs is 1. The molecule has 0 aromatic heterocycles. The van der Waals surface area contributed by atoms with Crippen LogP contribution < -0.4 is 20.2 Å². The van der Waals surface area contributed by atoms with Crippen molar-refractivity contribution in [3.05, 3.63) is 52.0 Å². The van der Waals surface area contributed by atoms with Gasteiger partial charge < -0.3 is 14.8 Å². The van der Waals surface area contributed by atoms with Crippen LogP contribution in [0.3, 0.4) is 0 Å². The Kier molecular flexibility index (Phi) is 5.60. The number of hydrogen-bond donors (Lipinski definition) is 2. The van der Waals surface area contributed by atoms with Crippen molar-refractivity contribution in [2.75, 3.05) is 18.5 Å². The van der Waals surface area contributed by atoms with Crippen molar-refractivity contribution in [2.45, 2.75) is 0 Å². The van der Waals surface area contributed by atoms with Crippen LogP contribution >= 0.6 is 23.2 Å². The van der Waals surface area contributed by atoms with E-state index in [2.05, 4.69) is 15.8 Å². The van der Waals surface area contributed by atoms with Gasteiger partial charge in [-0.15, -0.1) is 0 Å². The molecule has 1 heterocycles. The number of rotatable bonds is 3. The summed E-state index contributed by atoms with van der Waals surface area (Å²) in [6.07, 6.45) is 1.26. The second-order valence-electron chi connectivity index (χ2n) is 5.15. The minimum Gasteiger partial charge on any atom is -0.486 e. The predicted octanol–water partition coefficient (Wildman–Crippen LogP) is 2.85. The highest BCUT2D eigenvalue weighted by Crippen LogP contribution is 2.32. The topological polar surface area (TPSA) is 89.0 Å². The van der Waals surface area contributed by atoms with Crippen LogP contribution in [0.4, 0.5) is 5.69 Å². The van der Waals surface area contributed by atoms with Gasteiger partial charge in [-0.1, -0.05) is 29.3 Å². The SMILES string of the molecule is O=C(N/N=C\c1c(Cl)cccc1Cl)C(=O)Nc1ccc2c(c1)OCCO2. The average Bonchev–Trinajstić information content (AvgIpc) is 2.64. The lowest BCUT2D eigenvalue weighted by Gasteiger charge is -2.18. The number of nitrogens with zero attached hydrogens (tertiary/aromatic N) is 1. The minimum absolute atomic E-state index is 0.372. The van der Waals surface area contributed by atoms with Crippen LogP contribution in [0.1, 0.15) is 5.56 Å². The van der Waals surface area contributed by atoms with Crippen molar-refractivity contribution < 1.29 is 19.1 Å². The lowest BCUT2D eigenvalue weighted by atomic mass is 10.2. The van der Waals surface area contributed by atoms with Gasteiger partial charge in [-0.2, -0.15) is 5.10 Å². The average molecular weight is 394 g/mol. The monoisotopic (exact) mass is 393 g/mol. The molecule has 9 heteroatoms. The zero-order valence-electron chi connectivity index (χ0n) is 13.3. The number of halogens is 2. The summed E-state index contributed by atoms with van der Waals surface area (Å²) < 4.78 is 10.8. The highest BCUT2D eigenvalue weighted by Gasteiger charge is 2.16. The molecule has 0 fully saturated rings. The van der Waals surface area contributed by atoms with Crippen molar-refractivity contribution in [1.29, 1.82) is 0 Å². The second-order valence-corrected chi connectivity index (χ2v) is 5.96. The third-order valence-electron chi connectivity index (χ3n) is 3.37. The normalized spacial score (nSPS) is 12.7. The van der Waals surface area contributed by atoms with E-state index in [-0.39, 0.29) is 0 Å². The third-order valence-corrected chi connectivity index (χ3v) is 4.02. The number of anilines is 1. The van der Waals surface area contributed by atoms with Crippen LogP contribution in [-0.4, -0.2) is 31.2 Å². The van der Waals surface area contributed by atoms with Crippen molar-refractivity contribution in [3.63, 3.8) is 0 Å². The maximum atomic E-state index is 11.9. The number of ether oxygens (including phenoxy) is 2. The first-order valence-electron chi connectivity index (χ1n) is 7.52. The Morgan fingerprint density at radius 3 is 2.42 bits per heavy atom. The van der Waals surface area contributed by atoms with E-state index >= 15 is 0 Å². The van der Waals surface area contributed by atoms with E-state index in [1.54, 1.807) is 36.4 Å². The molecule has 2 aromatic carbocycles. The van der Waals surface area contributed by atoms with E-state index in [4.69, 9.17) is 32.7 Å². The first-order chi connectivity index (χ1) is 12.5. The summed E-state index contributed by atoms with van der Waals surface area (Å²) in [5.74, 6) is -0.746. The molecule has 3 rings (SSSR count). The number of nitrogens with one attached hydrogen (secondary N) is 2. The molecule has 0 spiro atoms. The Morgan fingerprint density at radius 1 is 1.00 bits per heavy atom. The lowest BCUT2D eigenvalue weighted by Crippen LogP contribution is -2.32. The largest absolute Gasteiger partial charge is 0.486 e. The fourth-order valence-corrected chi connectivity index (χ4v) is 2.64. The molecule has 7 nitrogen and oxygen atoms in total. The summed E-state index contributed by atoms with van der Waals surface area (Å²) in [5, 5.41) is 6.89. The summed E-state index contributed by atoms with van der Waals surface area (Å²) in [5.41, 5.74) is 2.94. The van der Waals surface area contributed by atoms with Gasteiger partial charge in [0.2, 0.25) is 0 Å². The van der Waals surface area contributed by atoms with Gasteiger partial charge in [-0.05, 0) is 24.3 Å². The molecule has 0 saturated carbocycles. The van der Waals surface area contributed by atoms with Gasteiger partial charge in [0.05, 0.1) is 16.3 Å². The molecule has 134 valence electrons. The van der Waals surface area contributed by atoms with Gasteiger partial charge in [0, 0.05) is 17.3 Å². The van der Waals surface area contributed by atoms with Gasteiger partial charge in [-0.3, -0.25) is 9.59 Å². The Bertz CT molecular complexity index is 866. The smallest absolute Gasteiger partial charge is 0.329 e. The Balaban J connectivity index is 1.60. The summed E-state index contributed by atoms with van der Waals surface area (Å²) in [6.45, 7) is 0.888. The van der Waals surface area contributed by atoms with Crippen molar-refractivity contribution >= 4 is 46.9 Å². The highest BCUT2D eigenvalue weighted by atomic mass is 35.5. The summed E-state index contributed by atoms with van der Waals surface area (Å²) in [7, 11) is 0. The van der Waals surface area contributed by atoms with E-state index in [0.29, 0.717) is 46.0 Å². The number of hydrogen-bond acceptors (Lipinski definition) is 5. The predicted molar refractivity (Wildman–Crippen MR) is 98.3 cm³/mol. The van der Waals surface area contributed by atoms with E-state index < -0.39 is 11.8 Å². The third kappa shape index (κ3) is 4.25. The number of carbonyl (C=O) groups excluding carboxylic acids is 2. The molecule has 26 heavy (non-hydrogen) atoms. The molecule has 0 atom stereocenters. The molecule has 2 aromatic rings. The lowest BCUT2D eigenvalue weighted by molar-refractivity contribution is -0.136. The van der Waals surface area contributed by atoms with Crippen molar-refractivity contribution in [3.8, 4) is 11.5 Å². The first kappa shape index (κ1) is 18.0. The second kappa shape index (κ2) is 8.07.